The lowest BCUT2D eigenvalue weighted by atomic mass is 10.2. The van der Waals surface area contributed by atoms with Gasteiger partial charge in [-0.15, -0.1) is 0 Å². The monoisotopic (exact) mass is 517 g/mol. The van der Waals surface area contributed by atoms with E-state index in [-0.39, 0.29) is 5.96 Å². The van der Waals surface area contributed by atoms with E-state index in [1.54, 1.807) is 0 Å². The van der Waals surface area contributed by atoms with Crippen molar-refractivity contribution < 1.29 is 39.8 Å². The number of nitrogens with one attached hydrogen (secondary N) is 1. The Balaban J connectivity index is 0.000000593. The van der Waals surface area contributed by atoms with Gasteiger partial charge in [-0.2, -0.15) is 0 Å². The maximum Gasteiger partial charge on any atom is 0.324 e. The minimum Gasteiger partial charge on any atom is -0.497 e. The average Bonchev–Trinajstić information content (AvgIpc) is 2.72. The van der Waals surface area contributed by atoms with Crippen molar-refractivity contribution in [3.63, 3.8) is 0 Å². The molecule has 0 spiro atoms. The van der Waals surface area contributed by atoms with E-state index in [2.05, 4.69) is 11.5 Å². The smallest absolute Gasteiger partial charge is 0.324 e. The number of rotatable bonds is 6. The van der Waals surface area contributed by atoms with Crippen LogP contribution in [0, 0.1) is 66.1 Å². The molecule has 0 aromatic heterocycles. The first-order valence-electron chi connectivity index (χ1n) is 8.12. The lowest BCUT2D eigenvalue weighted by molar-refractivity contribution is -0.404. The standard InChI is InChI=1S/2C6H3N3O7.CH5N3/c2*10-6-4(8(13)14)1-3(7(11)12)2-5(6)9(15)16;2-1(3)4/h2*1-2,10H;(H5,2,3,4). The normalized spacial score (nSPS) is 9.33. The summed E-state index contributed by atoms with van der Waals surface area (Å²) in [6, 6.07) is 1.79. The Morgan fingerprint density at radius 1 is 0.556 bits per heavy atom. The molecule has 0 fully saturated rings. The second-order valence-corrected chi connectivity index (χ2v) is 5.66. The molecule has 2 aromatic carbocycles. The molecule has 36 heavy (non-hydrogen) atoms. The van der Waals surface area contributed by atoms with Gasteiger partial charge >= 0.3 is 22.7 Å². The predicted octanol–water partition coefficient (Wildman–Crippen LogP) is 1.07. The molecule has 0 unspecified atom stereocenters. The number of guanidine groups is 1. The molecule has 2 aromatic rings. The van der Waals surface area contributed by atoms with E-state index < -0.39 is 75.2 Å². The quantitative estimate of drug-likeness (QED) is 0.155. The third kappa shape index (κ3) is 8.00. The van der Waals surface area contributed by atoms with Crippen molar-refractivity contribution in [2.45, 2.75) is 0 Å². The largest absolute Gasteiger partial charge is 0.497 e. The summed E-state index contributed by atoms with van der Waals surface area (Å²) in [4.78, 5) is 55.5. The molecule has 7 N–H and O–H groups in total. The van der Waals surface area contributed by atoms with Crippen LogP contribution in [0.4, 0.5) is 34.1 Å². The van der Waals surface area contributed by atoms with Gasteiger partial charge in [-0.05, 0) is 0 Å². The molecular formula is C13H11N9O14. The van der Waals surface area contributed by atoms with Gasteiger partial charge in [0.2, 0.25) is 0 Å². The van der Waals surface area contributed by atoms with Crippen molar-refractivity contribution >= 4 is 40.1 Å². The van der Waals surface area contributed by atoms with Crippen LogP contribution in [0.5, 0.6) is 11.5 Å². The molecule has 0 aliphatic rings. The van der Waals surface area contributed by atoms with Gasteiger partial charge in [-0.1, -0.05) is 0 Å². The number of hydrogen-bond donors (Lipinski definition) is 5. The molecular weight excluding hydrogens is 506 g/mol. The number of nitrogens with two attached hydrogens (primary N) is 2. The van der Waals surface area contributed by atoms with Crippen molar-refractivity contribution in [2.24, 2.45) is 11.5 Å². The summed E-state index contributed by atoms with van der Waals surface area (Å²) in [6.07, 6.45) is 0. The van der Waals surface area contributed by atoms with Gasteiger partial charge in [0.1, 0.15) is 0 Å². The van der Waals surface area contributed by atoms with Gasteiger partial charge < -0.3 is 21.7 Å². The highest BCUT2D eigenvalue weighted by molar-refractivity contribution is 5.71. The molecule has 23 nitrogen and oxygen atoms in total. The number of nitrogens with zero attached hydrogens (tertiary/aromatic N) is 6. The zero-order valence-electron chi connectivity index (χ0n) is 16.9. The van der Waals surface area contributed by atoms with Gasteiger partial charge in [0, 0.05) is 0 Å². The number of benzene rings is 2. The summed E-state index contributed by atoms with van der Waals surface area (Å²) in [6.45, 7) is 0. The fraction of sp³-hybridized carbons (Fsp3) is 0. The van der Waals surface area contributed by atoms with E-state index in [9.17, 15) is 60.7 Å². The first-order chi connectivity index (χ1) is 16.4. The zero-order chi connectivity index (χ0) is 28.5. The van der Waals surface area contributed by atoms with Gasteiger partial charge in [0.15, 0.2) is 5.96 Å². The Bertz CT molecular complexity index is 1110. The molecule has 0 saturated heterocycles. The first kappa shape index (κ1) is 29.7. The molecule has 0 bridgehead atoms. The summed E-state index contributed by atoms with van der Waals surface area (Å²) in [5.74, 6) is -2.75. The van der Waals surface area contributed by atoms with Crippen LogP contribution in [0.2, 0.25) is 0 Å². The van der Waals surface area contributed by atoms with Crippen molar-refractivity contribution in [3.8, 4) is 11.5 Å². The minimum atomic E-state index is -1.21. The molecule has 0 aliphatic heterocycles. The highest BCUT2D eigenvalue weighted by Gasteiger charge is 2.31. The summed E-state index contributed by atoms with van der Waals surface area (Å²) in [7, 11) is 0. The van der Waals surface area contributed by atoms with Gasteiger partial charge in [-0.3, -0.25) is 66.1 Å². The van der Waals surface area contributed by atoms with E-state index in [0.29, 0.717) is 24.3 Å². The number of nitro groups is 6. The highest BCUT2D eigenvalue weighted by Crippen LogP contribution is 2.40. The van der Waals surface area contributed by atoms with Crippen LogP contribution in [-0.4, -0.2) is 45.7 Å². The molecule has 0 radical (unpaired) electrons. The maximum atomic E-state index is 10.4. The fourth-order valence-electron chi connectivity index (χ4n) is 1.95. The molecule has 0 aliphatic carbocycles. The van der Waals surface area contributed by atoms with Gasteiger partial charge in [0.25, 0.3) is 22.9 Å². The first-order valence-corrected chi connectivity index (χ1v) is 8.12. The highest BCUT2D eigenvalue weighted by atomic mass is 16.7. The predicted molar refractivity (Wildman–Crippen MR) is 112 cm³/mol. The Kier molecular flexibility index (Phi) is 9.97. The van der Waals surface area contributed by atoms with Crippen molar-refractivity contribution in [1.82, 2.24) is 0 Å². The van der Waals surface area contributed by atoms with Crippen LogP contribution in [0.3, 0.4) is 0 Å². The molecule has 192 valence electrons. The van der Waals surface area contributed by atoms with Crippen LogP contribution in [-0.2, 0) is 0 Å². The third-order valence-electron chi connectivity index (χ3n) is 3.32. The second-order valence-electron chi connectivity index (χ2n) is 5.66. The van der Waals surface area contributed by atoms with E-state index in [0.717, 1.165) is 0 Å². The van der Waals surface area contributed by atoms with E-state index in [4.69, 9.17) is 15.6 Å². The number of phenolic OH excluding ortho intramolecular Hbond substituents is 2. The van der Waals surface area contributed by atoms with E-state index in [1.165, 1.54) is 0 Å². The summed E-state index contributed by atoms with van der Waals surface area (Å²) in [5.41, 5.74) is 2.94. The Labute approximate surface area is 194 Å². The molecule has 0 heterocycles. The summed E-state index contributed by atoms with van der Waals surface area (Å²) in [5, 5.41) is 86.5. The number of aromatic hydroxyl groups is 2. The lowest BCUT2D eigenvalue weighted by Crippen LogP contribution is -2.20. The summed E-state index contributed by atoms with van der Waals surface area (Å²) < 4.78 is 0. The number of hydrogen-bond acceptors (Lipinski definition) is 15. The zero-order valence-corrected chi connectivity index (χ0v) is 16.9. The van der Waals surface area contributed by atoms with Crippen LogP contribution in [0.1, 0.15) is 0 Å². The Hall–Kier alpha value is -6.29. The second kappa shape index (κ2) is 12.1. The molecule has 2 rings (SSSR count). The van der Waals surface area contributed by atoms with Gasteiger partial charge in [0.05, 0.1) is 53.8 Å². The maximum absolute atomic E-state index is 10.4. The van der Waals surface area contributed by atoms with Gasteiger partial charge in [-0.25, -0.2) is 0 Å². The lowest BCUT2D eigenvalue weighted by Gasteiger charge is -1.97. The third-order valence-corrected chi connectivity index (χ3v) is 3.32. The molecule has 0 saturated carbocycles. The van der Waals surface area contributed by atoms with Crippen molar-refractivity contribution in [1.29, 1.82) is 5.41 Å². The molecule has 23 heteroatoms. The minimum absolute atomic E-state index is 0.333. The van der Waals surface area contributed by atoms with Crippen LogP contribution in [0.25, 0.3) is 0 Å². The SMILES string of the molecule is N=C(N)N.O=[N+]([O-])c1cc([N+](=O)[O-])c(O)c([N+](=O)[O-])c1.O=[N+]([O-])c1cc([N+](=O)[O-])c(O)c([N+](=O)[O-])c1. The number of nitro benzene ring substituents is 6. The fourth-order valence-corrected chi connectivity index (χ4v) is 1.95. The van der Waals surface area contributed by atoms with Crippen molar-refractivity contribution in [3.05, 3.63) is 85.0 Å². The van der Waals surface area contributed by atoms with Crippen LogP contribution < -0.4 is 11.5 Å². The average molecular weight is 517 g/mol. The molecule has 0 amide bonds. The molecule has 0 atom stereocenters. The number of phenols is 2. The summed E-state index contributed by atoms with van der Waals surface area (Å²) >= 11 is 0. The van der Waals surface area contributed by atoms with E-state index in [1.807, 2.05) is 0 Å². The van der Waals surface area contributed by atoms with Crippen molar-refractivity contribution in [2.75, 3.05) is 0 Å². The van der Waals surface area contributed by atoms with Crippen LogP contribution >= 0.6 is 0 Å². The number of non-ortho nitro benzene ring substituents is 2. The Morgan fingerprint density at radius 2 is 0.722 bits per heavy atom. The van der Waals surface area contributed by atoms with E-state index >= 15 is 0 Å². The Morgan fingerprint density at radius 3 is 0.833 bits per heavy atom. The topological polar surface area (TPSA) is 375 Å². The van der Waals surface area contributed by atoms with Crippen LogP contribution in [0.15, 0.2) is 24.3 Å².